The number of anilines is 1. The summed E-state index contributed by atoms with van der Waals surface area (Å²) >= 11 is 7.20. The number of thioether (sulfide) groups is 1. The van der Waals surface area contributed by atoms with Gasteiger partial charge in [0.1, 0.15) is 0 Å². The molecular formula is C21H21ClN4O3S. The Morgan fingerprint density at radius 1 is 1.07 bits per heavy atom. The minimum Gasteiger partial charge on any atom is -0.411 e. The van der Waals surface area contributed by atoms with Crippen LogP contribution in [0.15, 0.2) is 46.0 Å². The van der Waals surface area contributed by atoms with Crippen molar-refractivity contribution in [2.75, 3.05) is 17.6 Å². The van der Waals surface area contributed by atoms with Crippen LogP contribution in [0.3, 0.4) is 0 Å². The van der Waals surface area contributed by atoms with Crippen molar-refractivity contribution in [1.82, 2.24) is 15.5 Å². The second-order valence-electron chi connectivity index (χ2n) is 6.74. The van der Waals surface area contributed by atoms with Gasteiger partial charge in [0.15, 0.2) is 0 Å². The van der Waals surface area contributed by atoms with Crippen LogP contribution in [0.4, 0.5) is 5.69 Å². The van der Waals surface area contributed by atoms with E-state index in [4.69, 9.17) is 16.0 Å². The number of amides is 2. The van der Waals surface area contributed by atoms with Crippen molar-refractivity contribution in [3.05, 3.63) is 58.1 Å². The summed E-state index contributed by atoms with van der Waals surface area (Å²) in [6.07, 6.45) is 0. The van der Waals surface area contributed by atoms with Gasteiger partial charge in [-0.2, -0.15) is 0 Å². The molecule has 3 aromatic rings. The van der Waals surface area contributed by atoms with Gasteiger partial charge in [-0.1, -0.05) is 53.2 Å². The molecule has 1 heterocycles. The number of nitrogens with zero attached hydrogens (tertiary/aromatic N) is 2. The number of aryl methyl sites for hydroxylation is 3. The third-order valence-corrected chi connectivity index (χ3v) is 5.37. The predicted molar refractivity (Wildman–Crippen MR) is 118 cm³/mol. The number of hydrogen-bond acceptors (Lipinski definition) is 6. The molecule has 7 nitrogen and oxygen atoms in total. The zero-order valence-electron chi connectivity index (χ0n) is 16.8. The first kappa shape index (κ1) is 21.9. The van der Waals surface area contributed by atoms with Gasteiger partial charge in [0.05, 0.1) is 22.9 Å². The van der Waals surface area contributed by atoms with Crippen LogP contribution < -0.4 is 10.6 Å². The average Bonchev–Trinajstić information content (AvgIpc) is 3.16. The number of nitrogens with one attached hydrogen (secondary N) is 2. The lowest BCUT2D eigenvalue weighted by Gasteiger charge is -2.13. The van der Waals surface area contributed by atoms with Crippen LogP contribution in [0.1, 0.15) is 16.7 Å². The fourth-order valence-electron chi connectivity index (χ4n) is 2.93. The Morgan fingerprint density at radius 3 is 2.47 bits per heavy atom. The van der Waals surface area contributed by atoms with Crippen LogP contribution in [0.2, 0.25) is 5.02 Å². The molecule has 1 aromatic heterocycles. The number of benzene rings is 2. The van der Waals surface area contributed by atoms with E-state index in [0.29, 0.717) is 10.6 Å². The summed E-state index contributed by atoms with van der Waals surface area (Å²) < 4.78 is 5.54. The van der Waals surface area contributed by atoms with Crippen LogP contribution in [-0.4, -0.2) is 34.3 Å². The Hall–Kier alpha value is -2.84. The smallest absolute Gasteiger partial charge is 0.277 e. The van der Waals surface area contributed by atoms with Crippen molar-refractivity contribution in [2.24, 2.45) is 0 Å². The molecule has 3 rings (SSSR count). The molecule has 0 aliphatic carbocycles. The maximum absolute atomic E-state index is 12.2. The molecule has 0 aliphatic heterocycles. The van der Waals surface area contributed by atoms with Crippen LogP contribution in [-0.2, 0) is 9.59 Å². The van der Waals surface area contributed by atoms with E-state index in [1.54, 1.807) is 18.2 Å². The van der Waals surface area contributed by atoms with Gasteiger partial charge in [0, 0.05) is 5.69 Å². The number of carbonyl (C=O) groups is 2. The second-order valence-corrected chi connectivity index (χ2v) is 8.07. The summed E-state index contributed by atoms with van der Waals surface area (Å²) in [6.45, 7) is 5.75. The zero-order chi connectivity index (χ0) is 21.7. The van der Waals surface area contributed by atoms with Gasteiger partial charge in [-0.05, 0) is 44.0 Å². The Balaban J connectivity index is 1.48. The molecular weight excluding hydrogens is 424 g/mol. The largest absolute Gasteiger partial charge is 0.411 e. The standard InChI is InChI=1S/C21H21ClN4O3S/c1-12-8-13(2)19(14(3)9-12)24-17(27)10-23-18(28)11-30-21-26-25-20(29-21)15-6-4-5-7-16(15)22/h4-9H,10-11H2,1-3H3,(H,23,28)(H,24,27). The lowest BCUT2D eigenvalue weighted by molar-refractivity contribution is -0.122. The predicted octanol–water partition coefficient (Wildman–Crippen LogP) is 4.16. The average molecular weight is 445 g/mol. The van der Waals surface area contributed by atoms with Crippen LogP contribution in [0, 0.1) is 20.8 Å². The van der Waals surface area contributed by atoms with E-state index in [1.807, 2.05) is 39.0 Å². The number of aromatic nitrogens is 2. The highest BCUT2D eigenvalue weighted by atomic mass is 35.5. The van der Waals surface area contributed by atoms with E-state index < -0.39 is 0 Å². The summed E-state index contributed by atoms with van der Waals surface area (Å²) in [5, 5.41) is 14.0. The highest BCUT2D eigenvalue weighted by Gasteiger charge is 2.14. The molecule has 2 aromatic carbocycles. The summed E-state index contributed by atoms with van der Waals surface area (Å²) in [4.78, 5) is 24.2. The van der Waals surface area contributed by atoms with E-state index in [2.05, 4.69) is 20.8 Å². The minimum atomic E-state index is -0.315. The number of hydrogen-bond donors (Lipinski definition) is 2. The van der Waals surface area contributed by atoms with Crippen molar-refractivity contribution in [3.8, 4) is 11.5 Å². The molecule has 0 saturated heterocycles. The molecule has 0 unspecified atom stereocenters. The monoisotopic (exact) mass is 444 g/mol. The van der Waals surface area contributed by atoms with Gasteiger partial charge >= 0.3 is 0 Å². The lowest BCUT2D eigenvalue weighted by Crippen LogP contribution is -2.34. The minimum absolute atomic E-state index is 0.0417. The molecule has 0 spiro atoms. The Bertz CT molecular complexity index is 1060. The van der Waals surface area contributed by atoms with Gasteiger partial charge < -0.3 is 15.1 Å². The van der Waals surface area contributed by atoms with Crippen LogP contribution in [0.5, 0.6) is 0 Å². The second kappa shape index (κ2) is 9.77. The molecule has 0 saturated carbocycles. The molecule has 2 N–H and O–H groups in total. The van der Waals surface area contributed by atoms with Gasteiger partial charge in [0.25, 0.3) is 5.22 Å². The molecule has 0 radical (unpaired) electrons. The summed E-state index contributed by atoms with van der Waals surface area (Å²) in [7, 11) is 0. The van der Waals surface area contributed by atoms with Crippen molar-refractivity contribution in [2.45, 2.75) is 26.0 Å². The summed E-state index contributed by atoms with van der Waals surface area (Å²) in [5.41, 5.74) is 4.49. The van der Waals surface area contributed by atoms with Gasteiger partial charge in [-0.25, -0.2) is 0 Å². The first-order chi connectivity index (χ1) is 14.3. The van der Waals surface area contributed by atoms with Crippen molar-refractivity contribution in [3.63, 3.8) is 0 Å². The highest BCUT2D eigenvalue weighted by Crippen LogP contribution is 2.28. The normalized spacial score (nSPS) is 10.7. The number of carbonyl (C=O) groups excluding carboxylic acids is 2. The first-order valence-corrected chi connectivity index (χ1v) is 10.6. The number of halogens is 1. The Morgan fingerprint density at radius 2 is 1.77 bits per heavy atom. The summed E-state index contributed by atoms with van der Waals surface area (Å²) in [6, 6.07) is 11.1. The maximum atomic E-state index is 12.2. The van der Waals surface area contributed by atoms with Crippen LogP contribution >= 0.6 is 23.4 Å². The quantitative estimate of drug-likeness (QED) is 0.531. The fourth-order valence-corrected chi connectivity index (χ4v) is 3.74. The van der Waals surface area contributed by atoms with E-state index in [0.717, 1.165) is 34.1 Å². The van der Waals surface area contributed by atoms with E-state index in [1.165, 1.54) is 0 Å². The molecule has 156 valence electrons. The molecule has 2 amide bonds. The van der Waals surface area contributed by atoms with Crippen molar-refractivity contribution in [1.29, 1.82) is 0 Å². The molecule has 9 heteroatoms. The van der Waals surface area contributed by atoms with Gasteiger partial charge in [-0.3, -0.25) is 9.59 Å². The van der Waals surface area contributed by atoms with E-state index >= 15 is 0 Å². The molecule has 0 fully saturated rings. The third kappa shape index (κ3) is 5.61. The molecule has 0 aliphatic rings. The number of rotatable bonds is 7. The third-order valence-electron chi connectivity index (χ3n) is 4.23. The first-order valence-electron chi connectivity index (χ1n) is 9.19. The van der Waals surface area contributed by atoms with Crippen molar-refractivity contribution < 1.29 is 14.0 Å². The Kier molecular flexibility index (Phi) is 7.12. The van der Waals surface area contributed by atoms with Crippen molar-refractivity contribution >= 4 is 40.9 Å². The van der Waals surface area contributed by atoms with E-state index in [-0.39, 0.29) is 35.2 Å². The highest BCUT2D eigenvalue weighted by molar-refractivity contribution is 7.99. The lowest BCUT2D eigenvalue weighted by atomic mass is 10.1. The van der Waals surface area contributed by atoms with Crippen LogP contribution in [0.25, 0.3) is 11.5 Å². The summed E-state index contributed by atoms with van der Waals surface area (Å²) in [5.74, 6) is -0.279. The topological polar surface area (TPSA) is 97.1 Å². The Labute approximate surface area is 183 Å². The van der Waals surface area contributed by atoms with Gasteiger partial charge in [0.2, 0.25) is 17.7 Å². The zero-order valence-corrected chi connectivity index (χ0v) is 18.4. The molecule has 0 bridgehead atoms. The maximum Gasteiger partial charge on any atom is 0.277 e. The SMILES string of the molecule is Cc1cc(C)c(NC(=O)CNC(=O)CSc2nnc(-c3ccccc3Cl)o2)c(C)c1. The van der Waals surface area contributed by atoms with Gasteiger partial charge in [-0.15, -0.1) is 10.2 Å². The molecule has 30 heavy (non-hydrogen) atoms. The fraction of sp³-hybridized carbons (Fsp3) is 0.238. The molecule has 0 atom stereocenters. The van der Waals surface area contributed by atoms with E-state index in [9.17, 15) is 9.59 Å².